The van der Waals surface area contributed by atoms with Gasteiger partial charge in [0.05, 0.1) is 0 Å². The van der Waals surface area contributed by atoms with Gasteiger partial charge in [-0.1, -0.05) is 45.6 Å². The van der Waals surface area contributed by atoms with Crippen LogP contribution in [0.4, 0.5) is 0 Å². The van der Waals surface area contributed by atoms with Gasteiger partial charge in [0.25, 0.3) is 0 Å². The number of allylic oxidation sites excluding steroid dienone is 2. The van der Waals surface area contributed by atoms with Crippen molar-refractivity contribution in [2.75, 3.05) is 0 Å². The lowest BCUT2D eigenvalue weighted by Gasteiger charge is -2.44. The molecule has 0 heterocycles. The van der Waals surface area contributed by atoms with E-state index in [-0.39, 0.29) is 11.3 Å². The van der Waals surface area contributed by atoms with Crippen LogP contribution in [0.2, 0.25) is 0 Å². The highest BCUT2D eigenvalue weighted by Gasteiger charge is 2.42. The van der Waals surface area contributed by atoms with Gasteiger partial charge < -0.3 is 0 Å². The minimum atomic E-state index is 0.140. The van der Waals surface area contributed by atoms with E-state index >= 15 is 0 Å². The monoisotopic (exact) mass is 220 g/mol. The first kappa shape index (κ1) is 13.2. The quantitative estimate of drug-likeness (QED) is 0.650. The van der Waals surface area contributed by atoms with E-state index in [4.69, 9.17) is 0 Å². The maximum absolute atomic E-state index is 11.8. The predicted molar refractivity (Wildman–Crippen MR) is 69.2 cm³/mol. The maximum atomic E-state index is 11.8. The average molecular weight is 220 g/mol. The number of carbonyl (C=O) groups is 1. The first-order valence-electron chi connectivity index (χ1n) is 6.24. The van der Waals surface area contributed by atoms with Crippen molar-refractivity contribution >= 4 is 5.78 Å². The molecule has 0 aromatic heterocycles. The summed E-state index contributed by atoms with van der Waals surface area (Å²) < 4.78 is 0. The average Bonchev–Trinajstić information content (AvgIpc) is 2.29. The Kier molecular flexibility index (Phi) is 4.12. The molecule has 0 unspecified atom stereocenters. The van der Waals surface area contributed by atoms with Crippen molar-refractivity contribution in [3.05, 3.63) is 24.8 Å². The number of rotatable bonds is 4. The van der Waals surface area contributed by atoms with Gasteiger partial charge in [-0.2, -0.15) is 0 Å². The Morgan fingerprint density at radius 3 is 2.75 bits per heavy atom. The molecule has 0 aromatic rings. The second-order valence-electron chi connectivity index (χ2n) is 5.50. The summed E-state index contributed by atoms with van der Waals surface area (Å²) in [5, 5.41) is 0. The number of ketones is 1. The Labute approximate surface area is 99.6 Å². The van der Waals surface area contributed by atoms with E-state index < -0.39 is 0 Å². The molecule has 3 atom stereocenters. The fourth-order valence-corrected chi connectivity index (χ4v) is 2.69. The van der Waals surface area contributed by atoms with Gasteiger partial charge in [-0.3, -0.25) is 4.79 Å². The standard InChI is InChI=1S/C15H24O/c1-6-11(2)9-10-15(5)12(3)7-8-14(16)13(15)4/h6,12-13H,1-2,7-10H2,3-5H3/t12-,13+,15+/m0/s1. The molecule has 1 nitrogen and oxygen atoms in total. The van der Waals surface area contributed by atoms with Crippen molar-refractivity contribution in [3.63, 3.8) is 0 Å². The Hall–Kier alpha value is -0.850. The van der Waals surface area contributed by atoms with Gasteiger partial charge in [-0.15, -0.1) is 0 Å². The Morgan fingerprint density at radius 2 is 2.19 bits per heavy atom. The molecule has 0 N–H and O–H groups in total. The van der Waals surface area contributed by atoms with Crippen molar-refractivity contribution in [2.24, 2.45) is 17.3 Å². The summed E-state index contributed by atoms with van der Waals surface area (Å²) in [6.45, 7) is 14.3. The van der Waals surface area contributed by atoms with E-state index in [2.05, 4.69) is 33.9 Å². The van der Waals surface area contributed by atoms with Crippen LogP contribution >= 0.6 is 0 Å². The third-order valence-electron chi connectivity index (χ3n) is 4.70. The van der Waals surface area contributed by atoms with Crippen LogP contribution in [0.15, 0.2) is 24.8 Å². The second kappa shape index (κ2) is 4.99. The fourth-order valence-electron chi connectivity index (χ4n) is 2.69. The smallest absolute Gasteiger partial charge is 0.136 e. The molecule has 1 aliphatic rings. The van der Waals surface area contributed by atoms with Crippen LogP contribution in [0.1, 0.15) is 46.5 Å². The molecular weight excluding hydrogens is 196 g/mol. The minimum absolute atomic E-state index is 0.140. The molecule has 0 radical (unpaired) electrons. The molecule has 0 bridgehead atoms. The molecule has 1 heteroatoms. The summed E-state index contributed by atoms with van der Waals surface area (Å²) in [7, 11) is 0. The maximum Gasteiger partial charge on any atom is 0.136 e. The molecular formula is C15H24O. The van der Waals surface area contributed by atoms with Gasteiger partial charge in [-0.25, -0.2) is 0 Å². The van der Waals surface area contributed by atoms with Crippen LogP contribution in [-0.4, -0.2) is 5.78 Å². The van der Waals surface area contributed by atoms with Gasteiger partial charge >= 0.3 is 0 Å². The van der Waals surface area contributed by atoms with Crippen molar-refractivity contribution in [2.45, 2.75) is 46.5 Å². The Bertz CT molecular complexity index is 303. The van der Waals surface area contributed by atoms with E-state index in [1.165, 1.54) is 0 Å². The second-order valence-corrected chi connectivity index (χ2v) is 5.50. The summed E-state index contributed by atoms with van der Waals surface area (Å²) >= 11 is 0. The first-order valence-corrected chi connectivity index (χ1v) is 6.24. The molecule has 1 saturated carbocycles. The van der Waals surface area contributed by atoms with Gasteiger partial charge in [0, 0.05) is 12.3 Å². The van der Waals surface area contributed by atoms with Crippen molar-refractivity contribution < 1.29 is 4.79 Å². The van der Waals surface area contributed by atoms with Gasteiger partial charge in [-0.05, 0) is 30.6 Å². The van der Waals surface area contributed by atoms with E-state index in [1.807, 2.05) is 6.08 Å². The number of hydrogen-bond acceptors (Lipinski definition) is 1. The van der Waals surface area contributed by atoms with E-state index in [1.54, 1.807) is 0 Å². The molecule has 1 aliphatic carbocycles. The molecule has 1 rings (SSSR count). The topological polar surface area (TPSA) is 17.1 Å². The third kappa shape index (κ3) is 2.45. The molecule has 16 heavy (non-hydrogen) atoms. The Morgan fingerprint density at radius 1 is 1.56 bits per heavy atom. The highest BCUT2D eigenvalue weighted by molar-refractivity contribution is 5.82. The van der Waals surface area contributed by atoms with Crippen molar-refractivity contribution in [1.82, 2.24) is 0 Å². The molecule has 0 aliphatic heterocycles. The first-order chi connectivity index (χ1) is 7.41. The van der Waals surface area contributed by atoms with Crippen LogP contribution in [-0.2, 0) is 4.79 Å². The van der Waals surface area contributed by atoms with Crippen molar-refractivity contribution in [3.8, 4) is 0 Å². The van der Waals surface area contributed by atoms with Crippen LogP contribution in [0.25, 0.3) is 0 Å². The normalized spacial score (nSPS) is 34.8. The lowest BCUT2D eigenvalue weighted by Crippen LogP contribution is -2.41. The van der Waals surface area contributed by atoms with Gasteiger partial charge in [0.2, 0.25) is 0 Å². The highest BCUT2D eigenvalue weighted by Crippen LogP contribution is 2.47. The zero-order valence-corrected chi connectivity index (χ0v) is 10.9. The fraction of sp³-hybridized carbons (Fsp3) is 0.667. The van der Waals surface area contributed by atoms with Gasteiger partial charge in [0.1, 0.15) is 5.78 Å². The SMILES string of the molecule is C=CC(=C)CC[C@@]1(C)[C@H](C)C(=O)CC[C@@H]1C. The van der Waals surface area contributed by atoms with E-state index in [0.717, 1.165) is 31.3 Å². The summed E-state index contributed by atoms with van der Waals surface area (Å²) in [6.07, 6.45) is 5.64. The summed E-state index contributed by atoms with van der Waals surface area (Å²) in [5.41, 5.74) is 1.22. The lowest BCUT2D eigenvalue weighted by atomic mass is 9.59. The van der Waals surface area contributed by atoms with Crippen LogP contribution in [0, 0.1) is 17.3 Å². The Balaban J connectivity index is 2.74. The molecule has 0 amide bonds. The number of Topliss-reactive ketones (excluding diaryl/α,β-unsaturated/α-hetero) is 1. The van der Waals surface area contributed by atoms with E-state index in [0.29, 0.717) is 11.7 Å². The minimum Gasteiger partial charge on any atom is -0.299 e. The summed E-state index contributed by atoms with van der Waals surface area (Å²) in [5.74, 6) is 1.25. The summed E-state index contributed by atoms with van der Waals surface area (Å²) in [6, 6.07) is 0. The zero-order chi connectivity index (χ0) is 12.3. The third-order valence-corrected chi connectivity index (χ3v) is 4.70. The molecule has 0 aromatic carbocycles. The largest absolute Gasteiger partial charge is 0.299 e. The van der Waals surface area contributed by atoms with E-state index in [9.17, 15) is 4.79 Å². The molecule has 0 saturated heterocycles. The summed E-state index contributed by atoms with van der Waals surface area (Å²) in [4.78, 5) is 11.8. The lowest BCUT2D eigenvalue weighted by molar-refractivity contribution is -0.132. The zero-order valence-electron chi connectivity index (χ0n) is 10.9. The van der Waals surface area contributed by atoms with Gasteiger partial charge in [0.15, 0.2) is 0 Å². The number of carbonyl (C=O) groups excluding carboxylic acids is 1. The highest BCUT2D eigenvalue weighted by atomic mass is 16.1. The van der Waals surface area contributed by atoms with Crippen molar-refractivity contribution in [1.29, 1.82) is 0 Å². The van der Waals surface area contributed by atoms with Crippen LogP contribution < -0.4 is 0 Å². The predicted octanol–water partition coefficient (Wildman–Crippen LogP) is 4.15. The molecule has 1 fully saturated rings. The van der Waals surface area contributed by atoms with Crippen LogP contribution in [0.3, 0.4) is 0 Å². The van der Waals surface area contributed by atoms with Crippen LogP contribution in [0.5, 0.6) is 0 Å². The molecule has 90 valence electrons. The number of hydrogen-bond donors (Lipinski definition) is 0. The molecule has 0 spiro atoms.